The number of nitrogen functional groups attached to an aromatic ring is 1. The van der Waals surface area contributed by atoms with Gasteiger partial charge in [0.1, 0.15) is 0 Å². The van der Waals surface area contributed by atoms with Crippen LogP contribution in [-0.4, -0.2) is 11.1 Å². The predicted octanol–water partition coefficient (Wildman–Crippen LogP) is 3.46. The molecule has 3 N–H and O–H groups in total. The summed E-state index contributed by atoms with van der Waals surface area (Å²) in [7, 11) is 0. The molecular formula is C16H23NO2. The Bertz CT molecular complexity index is 494. The number of carboxylic acids is 1. The Kier molecular flexibility index (Phi) is 3.33. The number of carboxylic acid groups (broad SMARTS) is 1. The van der Waals surface area contributed by atoms with Gasteiger partial charge >= 0.3 is 5.97 Å². The topological polar surface area (TPSA) is 63.3 Å². The lowest BCUT2D eigenvalue weighted by atomic mass is 9.75. The van der Waals surface area contributed by atoms with Gasteiger partial charge in [-0.2, -0.15) is 0 Å². The van der Waals surface area contributed by atoms with Crippen LogP contribution in [0.15, 0.2) is 18.2 Å². The minimum Gasteiger partial charge on any atom is -0.481 e. The Morgan fingerprint density at radius 2 is 1.84 bits per heavy atom. The smallest absolute Gasteiger partial charge is 0.314 e. The minimum absolute atomic E-state index is 0.000742. The summed E-state index contributed by atoms with van der Waals surface area (Å²) >= 11 is 0. The molecule has 0 radical (unpaired) electrons. The van der Waals surface area contributed by atoms with Crippen molar-refractivity contribution >= 4 is 11.7 Å². The van der Waals surface area contributed by atoms with E-state index in [1.54, 1.807) is 0 Å². The van der Waals surface area contributed by atoms with Crippen LogP contribution in [0.4, 0.5) is 5.69 Å². The molecule has 0 atom stereocenters. The molecule has 1 aromatic carbocycles. The van der Waals surface area contributed by atoms with Crippen LogP contribution in [0.25, 0.3) is 0 Å². The molecule has 19 heavy (non-hydrogen) atoms. The first-order chi connectivity index (χ1) is 8.77. The number of hydrogen-bond donors (Lipinski definition) is 2. The van der Waals surface area contributed by atoms with Crippen LogP contribution in [0.2, 0.25) is 0 Å². The SMILES string of the molecule is CC(C)(C)c1ccc(N)c(C2(C(=O)O)CCCC2)c1. The molecular weight excluding hydrogens is 238 g/mol. The third kappa shape index (κ3) is 2.34. The van der Waals surface area contributed by atoms with E-state index in [4.69, 9.17) is 5.73 Å². The van der Waals surface area contributed by atoms with Crippen LogP contribution in [0.1, 0.15) is 57.6 Å². The molecule has 0 unspecified atom stereocenters. The molecule has 0 aliphatic heterocycles. The second-order valence-corrected chi connectivity index (χ2v) is 6.65. The molecule has 1 aliphatic carbocycles. The standard InChI is InChI=1S/C16H23NO2/c1-15(2,3)11-6-7-13(17)12(10-11)16(14(18)19)8-4-5-9-16/h6-7,10H,4-5,8-9,17H2,1-3H3,(H,18,19). The molecule has 3 nitrogen and oxygen atoms in total. The Morgan fingerprint density at radius 3 is 2.32 bits per heavy atom. The maximum Gasteiger partial charge on any atom is 0.314 e. The van der Waals surface area contributed by atoms with Gasteiger partial charge in [-0.3, -0.25) is 4.79 Å². The average Bonchev–Trinajstić information content (AvgIpc) is 2.78. The van der Waals surface area contributed by atoms with Crippen molar-refractivity contribution in [1.29, 1.82) is 0 Å². The van der Waals surface area contributed by atoms with E-state index in [2.05, 4.69) is 20.8 Å². The Labute approximate surface area is 114 Å². The minimum atomic E-state index is -0.772. The summed E-state index contributed by atoms with van der Waals surface area (Å²) in [5.41, 5.74) is 7.86. The van der Waals surface area contributed by atoms with Gasteiger partial charge in [0, 0.05) is 5.69 Å². The van der Waals surface area contributed by atoms with Crippen LogP contribution >= 0.6 is 0 Å². The number of aliphatic carboxylic acids is 1. The number of rotatable bonds is 2. The molecule has 3 heteroatoms. The van der Waals surface area contributed by atoms with Crippen molar-refractivity contribution in [2.24, 2.45) is 0 Å². The summed E-state index contributed by atoms with van der Waals surface area (Å²) in [6.45, 7) is 6.39. The van der Waals surface area contributed by atoms with Gasteiger partial charge in [-0.25, -0.2) is 0 Å². The number of hydrogen-bond acceptors (Lipinski definition) is 2. The van der Waals surface area contributed by atoms with Gasteiger partial charge in [-0.05, 0) is 35.4 Å². The number of carbonyl (C=O) groups is 1. The van der Waals surface area contributed by atoms with Crippen molar-refractivity contribution < 1.29 is 9.90 Å². The maximum absolute atomic E-state index is 11.8. The second-order valence-electron chi connectivity index (χ2n) is 6.65. The first-order valence-electron chi connectivity index (χ1n) is 6.91. The highest BCUT2D eigenvalue weighted by Crippen LogP contribution is 2.44. The van der Waals surface area contributed by atoms with Crippen molar-refractivity contribution in [2.75, 3.05) is 5.73 Å². The summed E-state index contributed by atoms with van der Waals surface area (Å²) in [5.74, 6) is -0.734. The molecule has 0 aromatic heterocycles. The zero-order chi connectivity index (χ0) is 14.3. The summed E-state index contributed by atoms with van der Waals surface area (Å²) in [6.07, 6.45) is 3.32. The summed E-state index contributed by atoms with van der Waals surface area (Å²) in [6, 6.07) is 5.87. The second kappa shape index (κ2) is 4.55. The lowest BCUT2D eigenvalue weighted by molar-refractivity contribution is -0.143. The van der Waals surface area contributed by atoms with Crippen LogP contribution in [0.5, 0.6) is 0 Å². The highest BCUT2D eigenvalue weighted by Gasteiger charge is 2.44. The molecule has 1 aliphatic rings. The fourth-order valence-corrected chi connectivity index (χ4v) is 3.01. The summed E-state index contributed by atoms with van der Waals surface area (Å²) in [4.78, 5) is 11.8. The molecule has 0 spiro atoms. The number of anilines is 1. The van der Waals surface area contributed by atoms with Crippen molar-refractivity contribution in [3.8, 4) is 0 Å². The van der Waals surface area contributed by atoms with Crippen molar-refractivity contribution in [3.05, 3.63) is 29.3 Å². The zero-order valence-electron chi connectivity index (χ0n) is 12.0. The summed E-state index contributed by atoms with van der Waals surface area (Å²) in [5, 5.41) is 9.68. The van der Waals surface area contributed by atoms with Gasteiger partial charge in [-0.1, -0.05) is 45.7 Å². The molecule has 1 aromatic rings. The predicted molar refractivity (Wildman–Crippen MR) is 77.3 cm³/mol. The molecule has 104 valence electrons. The van der Waals surface area contributed by atoms with E-state index >= 15 is 0 Å². The van der Waals surface area contributed by atoms with E-state index in [9.17, 15) is 9.90 Å². The van der Waals surface area contributed by atoms with Gasteiger partial charge in [0.15, 0.2) is 0 Å². The van der Waals surface area contributed by atoms with Gasteiger partial charge in [0.05, 0.1) is 5.41 Å². The fraction of sp³-hybridized carbons (Fsp3) is 0.562. The molecule has 0 bridgehead atoms. The fourth-order valence-electron chi connectivity index (χ4n) is 3.01. The van der Waals surface area contributed by atoms with Crippen LogP contribution in [0, 0.1) is 0 Å². The zero-order valence-corrected chi connectivity index (χ0v) is 12.0. The van der Waals surface area contributed by atoms with Crippen LogP contribution in [-0.2, 0) is 15.6 Å². The molecule has 0 saturated heterocycles. The van der Waals surface area contributed by atoms with Gasteiger partial charge in [0.25, 0.3) is 0 Å². The average molecular weight is 261 g/mol. The van der Waals surface area contributed by atoms with E-state index in [0.717, 1.165) is 24.0 Å². The molecule has 0 heterocycles. The lowest BCUT2D eigenvalue weighted by Crippen LogP contribution is -2.34. The molecule has 1 fully saturated rings. The van der Waals surface area contributed by atoms with Crippen LogP contribution in [0.3, 0.4) is 0 Å². The molecule has 1 saturated carbocycles. The third-order valence-corrected chi connectivity index (χ3v) is 4.30. The lowest BCUT2D eigenvalue weighted by Gasteiger charge is -2.28. The van der Waals surface area contributed by atoms with Crippen molar-refractivity contribution in [2.45, 2.75) is 57.3 Å². The largest absolute Gasteiger partial charge is 0.481 e. The van der Waals surface area contributed by atoms with E-state index < -0.39 is 11.4 Å². The number of nitrogens with two attached hydrogens (primary N) is 1. The van der Waals surface area contributed by atoms with Gasteiger partial charge in [0.2, 0.25) is 0 Å². The van der Waals surface area contributed by atoms with Crippen molar-refractivity contribution in [3.63, 3.8) is 0 Å². The Balaban J connectivity index is 2.57. The quantitative estimate of drug-likeness (QED) is 0.801. The Morgan fingerprint density at radius 1 is 1.26 bits per heavy atom. The highest BCUT2D eigenvalue weighted by molar-refractivity contribution is 5.84. The van der Waals surface area contributed by atoms with Crippen molar-refractivity contribution in [1.82, 2.24) is 0 Å². The van der Waals surface area contributed by atoms with E-state index in [1.165, 1.54) is 0 Å². The van der Waals surface area contributed by atoms with E-state index in [0.29, 0.717) is 18.5 Å². The number of benzene rings is 1. The summed E-state index contributed by atoms with van der Waals surface area (Å²) < 4.78 is 0. The monoisotopic (exact) mass is 261 g/mol. The van der Waals surface area contributed by atoms with Gasteiger partial charge in [-0.15, -0.1) is 0 Å². The Hall–Kier alpha value is -1.51. The normalized spacial score (nSPS) is 18.5. The van der Waals surface area contributed by atoms with E-state index in [-0.39, 0.29) is 5.41 Å². The first-order valence-corrected chi connectivity index (χ1v) is 6.91. The first kappa shape index (κ1) is 13.9. The third-order valence-electron chi connectivity index (χ3n) is 4.30. The van der Waals surface area contributed by atoms with Crippen LogP contribution < -0.4 is 5.73 Å². The van der Waals surface area contributed by atoms with Gasteiger partial charge < -0.3 is 10.8 Å². The highest BCUT2D eigenvalue weighted by atomic mass is 16.4. The maximum atomic E-state index is 11.8. The molecule has 0 amide bonds. The molecule has 2 rings (SSSR count). The van der Waals surface area contributed by atoms with E-state index in [1.807, 2.05) is 18.2 Å².